The van der Waals surface area contributed by atoms with Gasteiger partial charge in [-0.3, -0.25) is 0 Å². The second kappa shape index (κ2) is 5.88. The average Bonchev–Trinajstić information content (AvgIpc) is 2.88. The molecule has 0 aliphatic heterocycles. The van der Waals surface area contributed by atoms with E-state index in [9.17, 15) is 18.0 Å². The Labute approximate surface area is 133 Å². The number of halogens is 3. The van der Waals surface area contributed by atoms with Crippen molar-refractivity contribution in [1.29, 1.82) is 0 Å². The van der Waals surface area contributed by atoms with Crippen molar-refractivity contribution in [2.45, 2.75) is 6.18 Å². The monoisotopic (exact) mass is 331 g/mol. The molecule has 3 aromatic rings. The highest BCUT2D eigenvalue weighted by Crippen LogP contribution is 2.29. The van der Waals surface area contributed by atoms with Crippen molar-refractivity contribution in [3.63, 3.8) is 0 Å². The van der Waals surface area contributed by atoms with Crippen molar-refractivity contribution in [2.24, 2.45) is 0 Å². The van der Waals surface area contributed by atoms with Crippen LogP contribution in [0.2, 0.25) is 0 Å². The summed E-state index contributed by atoms with van der Waals surface area (Å²) in [5.41, 5.74) is -0.988. The van der Waals surface area contributed by atoms with Gasteiger partial charge in [0.05, 0.1) is 5.56 Å². The summed E-state index contributed by atoms with van der Waals surface area (Å²) in [5.74, 6) is 0. The molecule has 0 amide bonds. The van der Waals surface area contributed by atoms with E-state index in [1.54, 1.807) is 24.3 Å². The molecule has 1 aromatic heterocycles. The highest BCUT2D eigenvalue weighted by molar-refractivity contribution is 5.49. The van der Waals surface area contributed by atoms with E-state index in [2.05, 4.69) is 11.6 Å². The van der Waals surface area contributed by atoms with E-state index in [1.165, 1.54) is 18.2 Å². The van der Waals surface area contributed by atoms with Gasteiger partial charge in [-0.05, 0) is 35.1 Å². The molecule has 0 saturated heterocycles. The van der Waals surface area contributed by atoms with Crippen molar-refractivity contribution >= 4 is 12.7 Å². The number of rotatable bonds is 1. The maximum atomic E-state index is 12.7. The maximum absolute atomic E-state index is 12.7. The molecule has 2 aromatic carbocycles. The van der Waals surface area contributed by atoms with Crippen molar-refractivity contribution in [3.05, 3.63) is 91.4 Å². The molecule has 1 N–H and O–H groups in total. The standard InChI is InChI=1S/C18H12F3NO2/c1-11-5-2-3-8-14(11)16-22-15(17(23)24-16)10-12-6-4-7-13(9-12)18(19,20)21/h2-10,22H,1H2/b15-10+,16-14?. The van der Waals surface area contributed by atoms with Crippen molar-refractivity contribution < 1.29 is 17.6 Å². The molecule has 0 aliphatic carbocycles. The zero-order valence-corrected chi connectivity index (χ0v) is 12.4. The van der Waals surface area contributed by atoms with E-state index in [1.807, 2.05) is 0 Å². The fourth-order valence-corrected chi connectivity index (χ4v) is 2.28. The number of H-pyrrole nitrogens is 1. The van der Waals surface area contributed by atoms with Crippen LogP contribution in [-0.4, -0.2) is 4.98 Å². The van der Waals surface area contributed by atoms with Gasteiger partial charge in [0.25, 0.3) is 0 Å². The van der Waals surface area contributed by atoms with E-state index in [0.29, 0.717) is 10.4 Å². The Morgan fingerprint density at radius 2 is 1.83 bits per heavy atom. The van der Waals surface area contributed by atoms with Gasteiger partial charge in [-0.2, -0.15) is 13.2 Å². The van der Waals surface area contributed by atoms with Gasteiger partial charge in [0.15, 0.2) is 0 Å². The van der Waals surface area contributed by atoms with E-state index in [-0.39, 0.29) is 16.5 Å². The van der Waals surface area contributed by atoms with Gasteiger partial charge >= 0.3 is 11.8 Å². The predicted molar refractivity (Wildman–Crippen MR) is 83.2 cm³/mol. The third-order valence-electron chi connectivity index (χ3n) is 3.45. The fourth-order valence-electron chi connectivity index (χ4n) is 2.28. The molecule has 0 saturated carbocycles. The first kappa shape index (κ1) is 15.9. The molecule has 122 valence electrons. The van der Waals surface area contributed by atoms with Crippen LogP contribution in [0.25, 0.3) is 12.7 Å². The Bertz CT molecular complexity index is 1140. The molecule has 0 spiro atoms. The number of oxazole rings is 1. The summed E-state index contributed by atoms with van der Waals surface area (Å²) in [6.07, 6.45) is -3.13. The Hall–Kier alpha value is -3.02. The van der Waals surface area contributed by atoms with Crippen LogP contribution in [0.4, 0.5) is 13.2 Å². The van der Waals surface area contributed by atoms with Crippen LogP contribution in [0, 0.1) is 10.8 Å². The minimum absolute atomic E-state index is 0.0626. The predicted octanol–water partition coefficient (Wildman–Crippen LogP) is 2.51. The summed E-state index contributed by atoms with van der Waals surface area (Å²) in [4.78, 5) is 14.7. The molecule has 3 nitrogen and oxygen atoms in total. The molecular formula is C18H12F3NO2. The minimum Gasteiger partial charge on any atom is -0.404 e. The number of hydrogen-bond donors (Lipinski definition) is 1. The Kier molecular flexibility index (Phi) is 3.89. The van der Waals surface area contributed by atoms with Crippen LogP contribution >= 0.6 is 0 Å². The topological polar surface area (TPSA) is 46.0 Å². The lowest BCUT2D eigenvalue weighted by molar-refractivity contribution is -0.137. The van der Waals surface area contributed by atoms with Crippen LogP contribution in [0.1, 0.15) is 11.1 Å². The lowest BCUT2D eigenvalue weighted by Crippen LogP contribution is -2.20. The largest absolute Gasteiger partial charge is 0.416 e. The minimum atomic E-state index is -4.44. The number of aromatic nitrogens is 1. The van der Waals surface area contributed by atoms with E-state index in [0.717, 1.165) is 12.1 Å². The SMILES string of the molecule is C=c1ccccc1=c1[nH]/c(=C/c2cccc(C(F)(F)F)c2)c(=O)o1. The first-order chi connectivity index (χ1) is 11.3. The summed E-state index contributed by atoms with van der Waals surface area (Å²) in [6, 6.07) is 11.7. The van der Waals surface area contributed by atoms with Crippen LogP contribution in [-0.2, 0) is 6.18 Å². The number of nitrogens with one attached hydrogen (secondary N) is 1. The molecule has 0 aliphatic rings. The van der Waals surface area contributed by atoms with Crippen molar-refractivity contribution in [2.75, 3.05) is 0 Å². The first-order valence-corrected chi connectivity index (χ1v) is 7.01. The first-order valence-electron chi connectivity index (χ1n) is 7.01. The summed E-state index contributed by atoms with van der Waals surface area (Å²) in [5, 5.41) is 1.33. The molecule has 3 rings (SSSR count). The van der Waals surface area contributed by atoms with Gasteiger partial charge in [-0.25, -0.2) is 4.79 Å². The summed E-state index contributed by atoms with van der Waals surface area (Å²) >= 11 is 0. The molecular weight excluding hydrogens is 319 g/mol. The van der Waals surface area contributed by atoms with Crippen molar-refractivity contribution in [1.82, 2.24) is 4.98 Å². The second-order valence-corrected chi connectivity index (χ2v) is 5.18. The van der Waals surface area contributed by atoms with Crippen LogP contribution < -0.4 is 16.2 Å². The third kappa shape index (κ3) is 3.17. The van der Waals surface area contributed by atoms with Crippen LogP contribution in [0.5, 0.6) is 0 Å². The van der Waals surface area contributed by atoms with Crippen molar-refractivity contribution in [3.8, 4) is 0 Å². The maximum Gasteiger partial charge on any atom is 0.416 e. The zero-order valence-electron chi connectivity index (χ0n) is 12.4. The van der Waals surface area contributed by atoms with Gasteiger partial charge in [-0.15, -0.1) is 0 Å². The van der Waals surface area contributed by atoms with Gasteiger partial charge in [0, 0.05) is 5.22 Å². The number of alkyl halides is 3. The summed E-state index contributed by atoms with van der Waals surface area (Å²) < 4.78 is 43.4. The second-order valence-electron chi connectivity index (χ2n) is 5.18. The Balaban J connectivity index is 2.22. The highest BCUT2D eigenvalue weighted by atomic mass is 19.4. The quantitative estimate of drug-likeness (QED) is 0.745. The van der Waals surface area contributed by atoms with Crippen LogP contribution in [0.3, 0.4) is 0 Å². The fraction of sp³-hybridized carbons (Fsp3) is 0.0556. The molecule has 0 bridgehead atoms. The third-order valence-corrected chi connectivity index (χ3v) is 3.45. The van der Waals surface area contributed by atoms with E-state index in [4.69, 9.17) is 4.42 Å². The van der Waals surface area contributed by atoms with E-state index >= 15 is 0 Å². The molecule has 0 fully saturated rings. The molecule has 0 atom stereocenters. The molecule has 6 heteroatoms. The Morgan fingerprint density at radius 1 is 1.08 bits per heavy atom. The summed E-state index contributed by atoms with van der Waals surface area (Å²) in [6.45, 7) is 3.84. The number of aromatic amines is 1. The van der Waals surface area contributed by atoms with Crippen LogP contribution in [0.15, 0.2) is 57.7 Å². The summed E-state index contributed by atoms with van der Waals surface area (Å²) in [7, 11) is 0. The van der Waals surface area contributed by atoms with Gasteiger partial charge in [0.1, 0.15) is 5.35 Å². The highest BCUT2D eigenvalue weighted by Gasteiger charge is 2.30. The Morgan fingerprint density at radius 3 is 2.54 bits per heavy atom. The van der Waals surface area contributed by atoms with E-state index < -0.39 is 17.4 Å². The average molecular weight is 331 g/mol. The molecule has 24 heavy (non-hydrogen) atoms. The van der Waals surface area contributed by atoms with Gasteiger partial charge in [-0.1, -0.05) is 36.9 Å². The smallest absolute Gasteiger partial charge is 0.404 e. The molecule has 0 unspecified atom stereocenters. The number of benzene rings is 2. The molecule has 0 radical (unpaired) electrons. The lowest BCUT2D eigenvalue weighted by atomic mass is 10.1. The van der Waals surface area contributed by atoms with Gasteiger partial charge < -0.3 is 9.40 Å². The molecule has 1 heterocycles. The lowest BCUT2D eigenvalue weighted by Gasteiger charge is -2.06. The van der Waals surface area contributed by atoms with Gasteiger partial charge in [0.2, 0.25) is 5.55 Å². The normalized spacial score (nSPS) is 14.0. The zero-order chi connectivity index (χ0) is 17.3. The number of hydrogen-bond acceptors (Lipinski definition) is 2.